The molecule has 3 fully saturated rings. The summed E-state index contributed by atoms with van der Waals surface area (Å²) in [5, 5.41) is 15.5. The summed E-state index contributed by atoms with van der Waals surface area (Å²) in [5.41, 5.74) is 0.195. The minimum atomic E-state index is -0.666. The standard InChI is InChI=1S/C26H37N3O5S/c1-6-34-17-10-8-16(9-11-17)27-21(31)18-19-23(33)29(14-7-15-30)20(22(32)28-24(2,3)4)26(19)13-12-25(18,5)35-26/h8-11,18-20,30H,6-7,12-15H2,1-5H3,(H,27,31)(H,28,32)/t18-,19-,20?,25+,26?/m0/s1. The molecule has 0 aromatic heterocycles. The molecule has 1 aromatic rings. The molecule has 0 saturated carbocycles. The molecule has 2 unspecified atom stereocenters. The third kappa shape index (κ3) is 4.53. The maximum absolute atomic E-state index is 13.8. The molecule has 4 rings (SSSR count). The van der Waals surface area contributed by atoms with Crippen LogP contribution in [-0.4, -0.2) is 68.6 Å². The van der Waals surface area contributed by atoms with Crippen LogP contribution in [0, 0.1) is 11.8 Å². The van der Waals surface area contributed by atoms with E-state index in [2.05, 4.69) is 17.6 Å². The molecule has 8 nitrogen and oxygen atoms in total. The second kappa shape index (κ2) is 9.32. The van der Waals surface area contributed by atoms with E-state index in [0.29, 0.717) is 31.7 Å². The minimum Gasteiger partial charge on any atom is -0.494 e. The van der Waals surface area contributed by atoms with E-state index in [1.54, 1.807) is 28.8 Å². The number of benzene rings is 1. The van der Waals surface area contributed by atoms with Crippen LogP contribution in [0.3, 0.4) is 0 Å². The van der Waals surface area contributed by atoms with Gasteiger partial charge >= 0.3 is 0 Å². The molecular weight excluding hydrogens is 466 g/mol. The molecule has 3 aliphatic rings. The number of nitrogens with one attached hydrogen (secondary N) is 2. The van der Waals surface area contributed by atoms with Gasteiger partial charge in [0, 0.05) is 29.1 Å². The van der Waals surface area contributed by atoms with E-state index >= 15 is 0 Å². The number of amides is 3. The van der Waals surface area contributed by atoms with E-state index in [-0.39, 0.29) is 24.3 Å². The van der Waals surface area contributed by atoms with Crippen molar-refractivity contribution in [2.75, 3.05) is 25.1 Å². The molecule has 192 valence electrons. The lowest BCUT2D eigenvalue weighted by Gasteiger charge is -2.36. The van der Waals surface area contributed by atoms with Crippen molar-refractivity contribution in [3.8, 4) is 5.75 Å². The highest BCUT2D eigenvalue weighted by Gasteiger charge is 2.77. The second-order valence-electron chi connectivity index (χ2n) is 11.0. The lowest BCUT2D eigenvalue weighted by atomic mass is 9.66. The zero-order chi connectivity index (χ0) is 25.6. The topological polar surface area (TPSA) is 108 Å². The molecule has 3 amide bonds. The van der Waals surface area contributed by atoms with Crippen LogP contribution in [0.1, 0.15) is 53.9 Å². The van der Waals surface area contributed by atoms with Gasteiger partial charge in [0.1, 0.15) is 11.8 Å². The number of carbonyl (C=O) groups is 3. The first-order valence-corrected chi connectivity index (χ1v) is 13.2. The van der Waals surface area contributed by atoms with E-state index in [9.17, 15) is 19.5 Å². The van der Waals surface area contributed by atoms with Gasteiger partial charge in [-0.05, 0) is 78.1 Å². The predicted octanol–water partition coefficient (Wildman–Crippen LogP) is 2.80. The number of fused-ring (bicyclic) bond motifs is 1. The highest BCUT2D eigenvalue weighted by Crippen LogP contribution is 2.71. The predicted molar refractivity (Wildman–Crippen MR) is 136 cm³/mol. The van der Waals surface area contributed by atoms with Crippen LogP contribution in [0.15, 0.2) is 24.3 Å². The van der Waals surface area contributed by atoms with Crippen LogP contribution in [0.2, 0.25) is 0 Å². The Kier molecular flexibility index (Phi) is 6.87. The van der Waals surface area contributed by atoms with E-state index in [1.807, 2.05) is 39.8 Å². The van der Waals surface area contributed by atoms with Gasteiger partial charge in [-0.2, -0.15) is 0 Å². The molecule has 9 heteroatoms. The van der Waals surface area contributed by atoms with E-state index in [4.69, 9.17) is 4.74 Å². The molecule has 1 aromatic carbocycles. The number of anilines is 1. The van der Waals surface area contributed by atoms with Crippen molar-refractivity contribution in [3.05, 3.63) is 24.3 Å². The number of rotatable bonds is 8. The Morgan fingerprint density at radius 3 is 2.49 bits per heavy atom. The lowest BCUT2D eigenvalue weighted by Crippen LogP contribution is -2.57. The van der Waals surface area contributed by atoms with Crippen molar-refractivity contribution >= 4 is 35.2 Å². The SMILES string of the molecule is CCOc1ccc(NC(=O)[C@@H]2[C@H]3C(=O)N(CCCO)C(C(=O)NC(C)(C)C)C34CC[C@@]2(C)S4)cc1. The van der Waals surface area contributed by atoms with Crippen LogP contribution in [0.4, 0.5) is 5.69 Å². The Labute approximate surface area is 211 Å². The van der Waals surface area contributed by atoms with Crippen molar-refractivity contribution in [1.82, 2.24) is 10.2 Å². The van der Waals surface area contributed by atoms with Gasteiger partial charge in [0.25, 0.3) is 0 Å². The summed E-state index contributed by atoms with van der Waals surface area (Å²) in [6.45, 7) is 10.5. The smallest absolute Gasteiger partial charge is 0.244 e. The molecule has 5 atom stereocenters. The third-order valence-corrected chi connectivity index (χ3v) is 9.28. The number of hydrogen-bond donors (Lipinski definition) is 3. The Morgan fingerprint density at radius 2 is 1.89 bits per heavy atom. The van der Waals surface area contributed by atoms with Crippen LogP contribution < -0.4 is 15.4 Å². The van der Waals surface area contributed by atoms with Crippen molar-refractivity contribution in [1.29, 1.82) is 0 Å². The fourth-order valence-electron chi connectivity index (χ4n) is 6.07. The van der Waals surface area contributed by atoms with Gasteiger partial charge in [0.05, 0.1) is 23.2 Å². The molecule has 2 bridgehead atoms. The highest BCUT2D eigenvalue weighted by molar-refractivity contribution is 8.02. The number of aliphatic hydroxyl groups excluding tert-OH is 1. The van der Waals surface area contributed by atoms with Gasteiger partial charge < -0.3 is 25.4 Å². The zero-order valence-corrected chi connectivity index (χ0v) is 22.0. The number of carbonyl (C=O) groups excluding carboxylic acids is 3. The quantitative estimate of drug-likeness (QED) is 0.504. The number of thioether (sulfide) groups is 1. The lowest BCUT2D eigenvalue weighted by molar-refractivity contribution is -0.140. The van der Waals surface area contributed by atoms with Gasteiger partial charge in [0.15, 0.2) is 0 Å². The molecule has 0 aliphatic carbocycles. The molecule has 3 aliphatic heterocycles. The van der Waals surface area contributed by atoms with Gasteiger partial charge in [-0.1, -0.05) is 0 Å². The number of likely N-dealkylation sites (tertiary alicyclic amines) is 1. The highest BCUT2D eigenvalue weighted by atomic mass is 32.2. The number of hydrogen-bond acceptors (Lipinski definition) is 6. The fourth-order valence-corrected chi connectivity index (χ4v) is 8.42. The molecule has 0 radical (unpaired) electrons. The van der Waals surface area contributed by atoms with E-state index in [1.165, 1.54) is 0 Å². The average molecular weight is 504 g/mol. The largest absolute Gasteiger partial charge is 0.494 e. The Balaban J connectivity index is 1.65. The summed E-state index contributed by atoms with van der Waals surface area (Å²) in [7, 11) is 0. The van der Waals surface area contributed by atoms with Crippen LogP contribution in [0.25, 0.3) is 0 Å². The van der Waals surface area contributed by atoms with Gasteiger partial charge in [-0.3, -0.25) is 14.4 Å². The zero-order valence-electron chi connectivity index (χ0n) is 21.2. The fraction of sp³-hybridized carbons (Fsp3) is 0.654. The van der Waals surface area contributed by atoms with Crippen LogP contribution in [-0.2, 0) is 14.4 Å². The minimum absolute atomic E-state index is 0.0679. The van der Waals surface area contributed by atoms with E-state index < -0.39 is 32.9 Å². The number of ether oxygens (including phenoxy) is 1. The van der Waals surface area contributed by atoms with Gasteiger partial charge in [0.2, 0.25) is 17.7 Å². The molecule has 3 heterocycles. The average Bonchev–Trinajstić information content (AvgIpc) is 3.33. The first-order valence-electron chi connectivity index (χ1n) is 12.4. The van der Waals surface area contributed by atoms with Gasteiger partial charge in [-0.15, -0.1) is 11.8 Å². The molecule has 3 N–H and O–H groups in total. The molecular formula is C26H37N3O5S. The molecule has 1 spiro atoms. The monoisotopic (exact) mass is 503 g/mol. The van der Waals surface area contributed by atoms with Crippen molar-refractivity contribution in [2.24, 2.45) is 11.8 Å². The summed E-state index contributed by atoms with van der Waals surface area (Å²) in [4.78, 5) is 42.7. The second-order valence-corrected chi connectivity index (χ2v) is 12.9. The summed E-state index contributed by atoms with van der Waals surface area (Å²) in [6.07, 6.45) is 1.85. The Morgan fingerprint density at radius 1 is 1.20 bits per heavy atom. The Hall–Kier alpha value is -2.26. The maximum Gasteiger partial charge on any atom is 0.244 e. The number of aliphatic hydroxyl groups is 1. The van der Waals surface area contributed by atoms with Crippen molar-refractivity contribution < 1.29 is 24.2 Å². The first kappa shape index (κ1) is 25.8. The molecule has 35 heavy (non-hydrogen) atoms. The summed E-state index contributed by atoms with van der Waals surface area (Å²) in [6, 6.07) is 6.54. The van der Waals surface area contributed by atoms with Gasteiger partial charge in [-0.25, -0.2) is 0 Å². The van der Waals surface area contributed by atoms with Crippen molar-refractivity contribution in [2.45, 2.75) is 75.0 Å². The Bertz CT molecular complexity index is 994. The maximum atomic E-state index is 13.8. The summed E-state index contributed by atoms with van der Waals surface area (Å²) >= 11 is 1.64. The summed E-state index contributed by atoms with van der Waals surface area (Å²) in [5.74, 6) is -0.938. The van der Waals surface area contributed by atoms with E-state index in [0.717, 1.165) is 12.2 Å². The number of nitrogens with zero attached hydrogens (tertiary/aromatic N) is 1. The first-order chi connectivity index (χ1) is 16.5. The normalized spacial score (nSPS) is 31.4. The van der Waals surface area contributed by atoms with Crippen LogP contribution in [0.5, 0.6) is 5.75 Å². The third-order valence-electron chi connectivity index (χ3n) is 7.30. The molecule has 3 saturated heterocycles. The summed E-state index contributed by atoms with van der Waals surface area (Å²) < 4.78 is 4.40. The van der Waals surface area contributed by atoms with Crippen molar-refractivity contribution in [3.63, 3.8) is 0 Å². The van der Waals surface area contributed by atoms with Crippen LogP contribution >= 0.6 is 11.8 Å².